The van der Waals surface area contributed by atoms with E-state index in [1.807, 2.05) is 0 Å². The molecule has 15 heavy (non-hydrogen) atoms. The summed E-state index contributed by atoms with van der Waals surface area (Å²) in [6.45, 7) is 0. The summed E-state index contributed by atoms with van der Waals surface area (Å²) in [4.78, 5) is 10.4. The van der Waals surface area contributed by atoms with Gasteiger partial charge in [-0.05, 0) is 23.8 Å². The zero-order valence-electron chi connectivity index (χ0n) is 8.03. The van der Waals surface area contributed by atoms with Crippen molar-refractivity contribution >= 4 is 12.0 Å². The zero-order chi connectivity index (χ0) is 11.4. The number of benzene rings is 1. The lowest BCUT2D eigenvalue weighted by Gasteiger charge is -2.02. The van der Waals surface area contributed by atoms with Crippen LogP contribution >= 0.6 is 0 Å². The van der Waals surface area contributed by atoms with Crippen molar-refractivity contribution in [1.82, 2.24) is 0 Å². The van der Waals surface area contributed by atoms with Crippen molar-refractivity contribution in [3.63, 3.8) is 0 Å². The van der Waals surface area contributed by atoms with Gasteiger partial charge in [0, 0.05) is 0 Å². The average molecular weight is 211 g/mol. The van der Waals surface area contributed by atoms with Crippen LogP contribution in [-0.2, 0) is 4.79 Å². The third-order valence-electron chi connectivity index (χ3n) is 1.74. The summed E-state index contributed by atoms with van der Waals surface area (Å²) >= 11 is 0. The molecule has 0 saturated carbocycles. The maximum absolute atomic E-state index is 13.2. The first-order valence-corrected chi connectivity index (χ1v) is 4.08. The number of carboxylic acid groups (broad SMARTS) is 1. The van der Waals surface area contributed by atoms with Crippen molar-refractivity contribution in [3.8, 4) is 5.75 Å². The number of ether oxygens (including phenoxy) is 1. The molecule has 1 aromatic carbocycles. The number of hydrogen-bond donors (Lipinski definition) is 2. The molecule has 0 amide bonds. The second kappa shape index (κ2) is 4.45. The van der Waals surface area contributed by atoms with Crippen LogP contribution in [0.5, 0.6) is 5.75 Å². The molecule has 0 heterocycles. The Hall–Kier alpha value is -2.04. The SMILES string of the molecule is COc1ccc(/C=C(/N)C(=O)O)cc1F. The van der Waals surface area contributed by atoms with Crippen molar-refractivity contribution in [2.24, 2.45) is 5.73 Å². The molecule has 1 aromatic rings. The highest BCUT2D eigenvalue weighted by atomic mass is 19.1. The van der Waals surface area contributed by atoms with Crippen molar-refractivity contribution in [2.75, 3.05) is 7.11 Å². The molecule has 0 aliphatic rings. The molecule has 1 rings (SSSR count). The summed E-state index contributed by atoms with van der Waals surface area (Å²) in [6.07, 6.45) is 1.17. The molecular weight excluding hydrogens is 201 g/mol. The van der Waals surface area contributed by atoms with E-state index in [1.165, 1.54) is 25.3 Å². The first-order valence-electron chi connectivity index (χ1n) is 4.08. The van der Waals surface area contributed by atoms with Gasteiger partial charge in [-0.1, -0.05) is 6.07 Å². The summed E-state index contributed by atoms with van der Waals surface area (Å²) < 4.78 is 17.9. The van der Waals surface area contributed by atoms with Gasteiger partial charge in [0.1, 0.15) is 5.70 Å². The van der Waals surface area contributed by atoms with E-state index in [-0.39, 0.29) is 11.4 Å². The largest absolute Gasteiger partial charge is 0.494 e. The van der Waals surface area contributed by atoms with E-state index in [2.05, 4.69) is 0 Å². The molecule has 0 aromatic heterocycles. The molecule has 0 bridgehead atoms. The van der Waals surface area contributed by atoms with Crippen LogP contribution in [0.4, 0.5) is 4.39 Å². The molecule has 0 aliphatic heterocycles. The van der Waals surface area contributed by atoms with Crippen LogP contribution in [0.2, 0.25) is 0 Å². The lowest BCUT2D eigenvalue weighted by Crippen LogP contribution is -2.09. The van der Waals surface area contributed by atoms with Gasteiger partial charge in [-0.2, -0.15) is 0 Å². The number of nitrogens with two attached hydrogens (primary N) is 1. The van der Waals surface area contributed by atoms with Gasteiger partial charge in [0.2, 0.25) is 0 Å². The topological polar surface area (TPSA) is 72.5 Å². The van der Waals surface area contributed by atoms with E-state index in [1.54, 1.807) is 0 Å². The maximum Gasteiger partial charge on any atom is 0.351 e. The summed E-state index contributed by atoms with van der Waals surface area (Å²) in [6, 6.07) is 4.06. The van der Waals surface area contributed by atoms with Crippen molar-refractivity contribution in [3.05, 3.63) is 35.3 Å². The van der Waals surface area contributed by atoms with Crippen LogP contribution in [-0.4, -0.2) is 18.2 Å². The smallest absolute Gasteiger partial charge is 0.351 e. The minimum Gasteiger partial charge on any atom is -0.494 e. The van der Waals surface area contributed by atoms with Gasteiger partial charge < -0.3 is 15.6 Å². The van der Waals surface area contributed by atoms with Crippen LogP contribution in [0.3, 0.4) is 0 Å². The third-order valence-corrected chi connectivity index (χ3v) is 1.74. The summed E-state index contributed by atoms with van der Waals surface area (Å²) in [5.74, 6) is -1.71. The molecule has 5 heteroatoms. The van der Waals surface area contributed by atoms with Gasteiger partial charge in [0.25, 0.3) is 0 Å². The van der Waals surface area contributed by atoms with Crippen LogP contribution in [0.25, 0.3) is 6.08 Å². The number of carbonyl (C=O) groups is 1. The van der Waals surface area contributed by atoms with Gasteiger partial charge in [-0.15, -0.1) is 0 Å². The zero-order valence-corrected chi connectivity index (χ0v) is 8.03. The highest BCUT2D eigenvalue weighted by molar-refractivity contribution is 5.90. The van der Waals surface area contributed by atoms with Crippen molar-refractivity contribution in [1.29, 1.82) is 0 Å². The number of carboxylic acids is 1. The first kappa shape index (κ1) is 11.0. The van der Waals surface area contributed by atoms with Crippen molar-refractivity contribution < 1.29 is 19.0 Å². The number of aliphatic carboxylic acids is 1. The third kappa shape index (κ3) is 2.70. The van der Waals surface area contributed by atoms with Gasteiger partial charge >= 0.3 is 5.97 Å². The van der Waals surface area contributed by atoms with Crippen LogP contribution in [0.15, 0.2) is 23.9 Å². The lowest BCUT2D eigenvalue weighted by molar-refractivity contribution is -0.132. The molecule has 0 unspecified atom stereocenters. The fraction of sp³-hybridized carbons (Fsp3) is 0.100. The predicted molar refractivity (Wildman–Crippen MR) is 52.8 cm³/mol. The highest BCUT2D eigenvalue weighted by Gasteiger charge is 2.04. The number of methoxy groups -OCH3 is 1. The molecule has 3 N–H and O–H groups in total. The standard InChI is InChI=1S/C10H10FNO3/c1-15-9-3-2-6(4-7(9)11)5-8(12)10(13)14/h2-5H,12H2,1H3,(H,13,14)/b8-5+. The fourth-order valence-corrected chi connectivity index (χ4v) is 1.01. The van der Waals surface area contributed by atoms with Crippen LogP contribution in [0.1, 0.15) is 5.56 Å². The number of halogens is 1. The number of hydrogen-bond acceptors (Lipinski definition) is 3. The Morgan fingerprint density at radius 2 is 2.27 bits per heavy atom. The maximum atomic E-state index is 13.2. The first-order chi connectivity index (χ1) is 7.04. The minimum atomic E-state index is -1.24. The van der Waals surface area contributed by atoms with Crippen LogP contribution in [0, 0.1) is 5.82 Å². The van der Waals surface area contributed by atoms with E-state index >= 15 is 0 Å². The Labute approximate surface area is 85.8 Å². The second-order valence-electron chi connectivity index (χ2n) is 2.80. The molecule has 0 spiro atoms. The summed E-state index contributed by atoms with van der Waals surface area (Å²) in [7, 11) is 1.35. The highest BCUT2D eigenvalue weighted by Crippen LogP contribution is 2.18. The molecule has 0 fully saturated rings. The lowest BCUT2D eigenvalue weighted by atomic mass is 10.2. The minimum absolute atomic E-state index is 0.0982. The van der Waals surface area contributed by atoms with E-state index in [0.717, 1.165) is 6.07 Å². The number of rotatable bonds is 3. The second-order valence-corrected chi connectivity index (χ2v) is 2.80. The Bertz CT molecular complexity index is 415. The average Bonchev–Trinajstić information content (AvgIpc) is 2.18. The van der Waals surface area contributed by atoms with E-state index in [9.17, 15) is 9.18 Å². The molecule has 80 valence electrons. The van der Waals surface area contributed by atoms with Gasteiger partial charge in [0.15, 0.2) is 11.6 Å². The molecule has 0 aliphatic carbocycles. The van der Waals surface area contributed by atoms with E-state index < -0.39 is 11.8 Å². The van der Waals surface area contributed by atoms with E-state index in [4.69, 9.17) is 15.6 Å². The molecule has 0 radical (unpaired) electrons. The quantitative estimate of drug-likeness (QED) is 0.737. The van der Waals surface area contributed by atoms with E-state index in [0.29, 0.717) is 5.56 Å². The molecular formula is C10H10FNO3. The summed E-state index contributed by atoms with van der Waals surface area (Å²) in [5.41, 5.74) is 5.20. The monoisotopic (exact) mass is 211 g/mol. The molecule has 0 atom stereocenters. The molecule has 4 nitrogen and oxygen atoms in total. The Balaban J connectivity index is 3.03. The Morgan fingerprint density at radius 3 is 2.73 bits per heavy atom. The Morgan fingerprint density at radius 1 is 1.60 bits per heavy atom. The van der Waals surface area contributed by atoms with Crippen LogP contribution < -0.4 is 10.5 Å². The van der Waals surface area contributed by atoms with Gasteiger partial charge in [-0.3, -0.25) is 0 Å². The van der Waals surface area contributed by atoms with Crippen molar-refractivity contribution in [2.45, 2.75) is 0 Å². The van der Waals surface area contributed by atoms with Gasteiger partial charge in [-0.25, -0.2) is 9.18 Å². The Kier molecular flexibility index (Phi) is 3.28. The normalized spacial score (nSPS) is 11.2. The fourth-order valence-electron chi connectivity index (χ4n) is 1.01. The summed E-state index contributed by atoms with van der Waals surface area (Å²) in [5, 5.41) is 8.50. The van der Waals surface area contributed by atoms with Gasteiger partial charge in [0.05, 0.1) is 7.11 Å². The predicted octanol–water partition coefficient (Wildman–Crippen LogP) is 1.22. The molecule has 0 saturated heterocycles.